The van der Waals surface area contributed by atoms with Gasteiger partial charge in [-0.05, 0) is 30.9 Å². The summed E-state index contributed by atoms with van der Waals surface area (Å²) in [6.45, 7) is 7.22. The molecule has 0 aliphatic rings. The quantitative estimate of drug-likeness (QED) is 0.433. The molecule has 0 saturated heterocycles. The summed E-state index contributed by atoms with van der Waals surface area (Å²) in [6, 6.07) is 7.97. The Morgan fingerprint density at radius 1 is 1.00 bits per heavy atom. The molecule has 0 N–H and O–H groups in total. The van der Waals surface area contributed by atoms with Crippen LogP contribution in [-0.4, -0.2) is 13.2 Å². The van der Waals surface area contributed by atoms with Gasteiger partial charge in [-0.2, -0.15) is 0 Å². The minimum absolute atomic E-state index is 0.368. The number of hydrogen-bond acceptors (Lipinski definition) is 3. The number of benzene rings is 1. The zero-order valence-electron chi connectivity index (χ0n) is 12.9. The summed E-state index contributed by atoms with van der Waals surface area (Å²) in [4.78, 5) is 0. The third-order valence-corrected chi connectivity index (χ3v) is 5.08. The molecule has 0 atom stereocenters. The second-order valence-electron chi connectivity index (χ2n) is 5.07. The molecule has 0 aliphatic carbocycles. The van der Waals surface area contributed by atoms with Gasteiger partial charge in [-0.15, -0.1) is 0 Å². The van der Waals surface area contributed by atoms with Gasteiger partial charge in [-0.25, -0.2) is 0 Å². The molecule has 3 nitrogen and oxygen atoms in total. The molecule has 0 unspecified atom stereocenters. The van der Waals surface area contributed by atoms with E-state index in [1.807, 2.05) is 31.2 Å². The summed E-state index contributed by atoms with van der Waals surface area (Å²) in [5, 5.41) is 0. The van der Waals surface area contributed by atoms with Gasteiger partial charge in [0.1, 0.15) is 0 Å². The lowest BCUT2D eigenvalue weighted by Gasteiger charge is -2.19. The van der Waals surface area contributed by atoms with E-state index in [9.17, 15) is 4.57 Å². The Morgan fingerprint density at radius 3 is 2.05 bits per heavy atom. The molecule has 0 bridgehead atoms. The van der Waals surface area contributed by atoms with E-state index in [1.165, 1.54) is 0 Å². The SMILES string of the molecule is CCCCOP(=O)(Cc1ccccc1C)OCCCC. The fourth-order valence-corrected chi connectivity index (χ4v) is 3.66. The van der Waals surface area contributed by atoms with Crippen LogP contribution in [0.3, 0.4) is 0 Å². The fraction of sp³-hybridized carbons (Fsp3) is 0.625. The third-order valence-electron chi connectivity index (χ3n) is 3.20. The molecule has 0 fully saturated rings. The molecule has 0 heterocycles. The largest absolute Gasteiger partial charge is 0.335 e. The van der Waals surface area contributed by atoms with Gasteiger partial charge in [0.2, 0.25) is 0 Å². The lowest BCUT2D eigenvalue weighted by molar-refractivity contribution is 0.199. The van der Waals surface area contributed by atoms with Crippen molar-refractivity contribution < 1.29 is 13.6 Å². The maximum absolute atomic E-state index is 12.8. The molecule has 1 rings (SSSR count). The Labute approximate surface area is 123 Å². The maximum Gasteiger partial charge on any atom is 0.335 e. The Balaban J connectivity index is 2.70. The number of aryl methyl sites for hydroxylation is 1. The fourth-order valence-electron chi connectivity index (χ4n) is 1.82. The van der Waals surface area contributed by atoms with Crippen LogP contribution >= 0.6 is 7.60 Å². The average molecular weight is 298 g/mol. The van der Waals surface area contributed by atoms with Crippen LogP contribution in [0.1, 0.15) is 50.7 Å². The van der Waals surface area contributed by atoms with Crippen LogP contribution < -0.4 is 0 Å². The Morgan fingerprint density at radius 2 is 1.55 bits per heavy atom. The van der Waals surface area contributed by atoms with Crippen molar-refractivity contribution in [1.82, 2.24) is 0 Å². The van der Waals surface area contributed by atoms with Crippen LogP contribution in [0.25, 0.3) is 0 Å². The highest BCUT2D eigenvalue weighted by molar-refractivity contribution is 7.53. The van der Waals surface area contributed by atoms with Crippen molar-refractivity contribution in [3.63, 3.8) is 0 Å². The number of rotatable bonds is 10. The van der Waals surface area contributed by atoms with E-state index < -0.39 is 7.60 Å². The first-order valence-corrected chi connectivity index (χ1v) is 9.26. The summed E-state index contributed by atoms with van der Waals surface area (Å²) >= 11 is 0. The first-order valence-electron chi connectivity index (χ1n) is 7.54. The lowest BCUT2D eigenvalue weighted by atomic mass is 10.1. The summed E-state index contributed by atoms with van der Waals surface area (Å²) in [7, 11) is -3.03. The highest BCUT2D eigenvalue weighted by Crippen LogP contribution is 2.52. The summed E-state index contributed by atoms with van der Waals surface area (Å²) in [5.74, 6) is 0. The monoisotopic (exact) mass is 298 g/mol. The van der Waals surface area contributed by atoms with Crippen molar-refractivity contribution >= 4 is 7.60 Å². The van der Waals surface area contributed by atoms with Gasteiger partial charge in [0.05, 0.1) is 19.4 Å². The topological polar surface area (TPSA) is 35.5 Å². The van der Waals surface area contributed by atoms with Crippen molar-refractivity contribution in [2.24, 2.45) is 0 Å². The second-order valence-corrected chi connectivity index (χ2v) is 7.12. The van der Waals surface area contributed by atoms with Gasteiger partial charge in [-0.3, -0.25) is 4.57 Å². The highest BCUT2D eigenvalue weighted by atomic mass is 31.2. The molecule has 0 radical (unpaired) electrons. The van der Waals surface area contributed by atoms with Crippen molar-refractivity contribution in [1.29, 1.82) is 0 Å². The Kier molecular flexibility index (Phi) is 8.13. The minimum Gasteiger partial charge on any atom is -0.308 e. The molecule has 1 aromatic carbocycles. The van der Waals surface area contributed by atoms with Crippen molar-refractivity contribution in [3.8, 4) is 0 Å². The molecule has 0 spiro atoms. The van der Waals surface area contributed by atoms with E-state index in [0.717, 1.165) is 36.8 Å². The molecule has 0 aromatic heterocycles. The Hall–Kier alpha value is -0.630. The average Bonchev–Trinajstić information content (AvgIpc) is 2.42. The highest BCUT2D eigenvalue weighted by Gasteiger charge is 2.25. The van der Waals surface area contributed by atoms with Crippen LogP contribution in [0.15, 0.2) is 24.3 Å². The standard InChI is InChI=1S/C16H27O3P/c1-4-6-12-18-20(17,19-13-7-5-2)14-16-11-9-8-10-15(16)3/h8-11H,4-7,12-14H2,1-3H3. The smallest absolute Gasteiger partial charge is 0.308 e. The molecule has 4 heteroatoms. The first-order chi connectivity index (χ1) is 9.61. The van der Waals surface area contributed by atoms with Crippen LogP contribution in [0.5, 0.6) is 0 Å². The van der Waals surface area contributed by atoms with E-state index in [0.29, 0.717) is 19.4 Å². The van der Waals surface area contributed by atoms with E-state index in [4.69, 9.17) is 9.05 Å². The van der Waals surface area contributed by atoms with Crippen LogP contribution in [0.4, 0.5) is 0 Å². The summed E-state index contributed by atoms with van der Waals surface area (Å²) in [6.07, 6.45) is 4.25. The molecule has 0 aliphatic heterocycles. The van der Waals surface area contributed by atoms with Gasteiger partial charge < -0.3 is 9.05 Å². The Bertz CT molecular complexity index is 417. The molecule has 20 heavy (non-hydrogen) atoms. The van der Waals surface area contributed by atoms with E-state index in [-0.39, 0.29) is 0 Å². The predicted molar refractivity (Wildman–Crippen MR) is 84.2 cm³/mol. The van der Waals surface area contributed by atoms with Crippen molar-refractivity contribution in [2.45, 2.75) is 52.6 Å². The molecular weight excluding hydrogens is 271 g/mol. The number of hydrogen-bond donors (Lipinski definition) is 0. The van der Waals surface area contributed by atoms with Crippen molar-refractivity contribution in [3.05, 3.63) is 35.4 Å². The summed E-state index contributed by atoms with van der Waals surface area (Å²) < 4.78 is 24.1. The molecule has 0 saturated carbocycles. The number of unbranched alkanes of at least 4 members (excludes halogenated alkanes) is 2. The van der Waals surface area contributed by atoms with Crippen molar-refractivity contribution in [2.75, 3.05) is 13.2 Å². The van der Waals surface area contributed by atoms with Crippen LogP contribution in [0, 0.1) is 6.92 Å². The van der Waals surface area contributed by atoms with E-state index >= 15 is 0 Å². The van der Waals surface area contributed by atoms with Gasteiger partial charge in [0.25, 0.3) is 0 Å². The molecular formula is C16H27O3P. The molecule has 114 valence electrons. The van der Waals surface area contributed by atoms with Crippen LogP contribution in [0.2, 0.25) is 0 Å². The van der Waals surface area contributed by atoms with E-state index in [2.05, 4.69) is 13.8 Å². The predicted octanol–water partition coefficient (Wildman–Crippen LogP) is 5.32. The van der Waals surface area contributed by atoms with Gasteiger partial charge in [0, 0.05) is 0 Å². The maximum atomic E-state index is 12.8. The second kappa shape index (κ2) is 9.33. The zero-order valence-corrected chi connectivity index (χ0v) is 13.8. The molecule has 1 aromatic rings. The van der Waals surface area contributed by atoms with Gasteiger partial charge in [0.15, 0.2) is 0 Å². The first kappa shape index (κ1) is 17.4. The normalized spacial score (nSPS) is 11.8. The third kappa shape index (κ3) is 6.21. The van der Waals surface area contributed by atoms with Gasteiger partial charge >= 0.3 is 7.60 Å². The molecule has 0 amide bonds. The van der Waals surface area contributed by atoms with Crippen LogP contribution in [-0.2, 0) is 19.8 Å². The van der Waals surface area contributed by atoms with Gasteiger partial charge in [-0.1, -0.05) is 51.0 Å². The zero-order chi connectivity index (χ0) is 14.8. The van der Waals surface area contributed by atoms with E-state index in [1.54, 1.807) is 0 Å². The summed E-state index contributed by atoms with van der Waals surface area (Å²) in [5.41, 5.74) is 2.18. The minimum atomic E-state index is -3.03. The lowest BCUT2D eigenvalue weighted by Crippen LogP contribution is -2.03.